The van der Waals surface area contributed by atoms with Crippen LogP contribution in [0.1, 0.15) is 16.2 Å². The molecule has 98 valence electrons. The Labute approximate surface area is 109 Å². The predicted octanol–water partition coefficient (Wildman–Crippen LogP) is 0.579. The van der Waals surface area contributed by atoms with Gasteiger partial charge in [0.2, 0.25) is 0 Å². The van der Waals surface area contributed by atoms with Gasteiger partial charge in [-0.2, -0.15) is 0 Å². The largest absolute Gasteiger partial charge is 0.478 e. The van der Waals surface area contributed by atoms with Crippen LogP contribution in [0.3, 0.4) is 0 Å². The lowest BCUT2D eigenvalue weighted by Gasteiger charge is -2.28. The number of carbonyl (C=O) groups is 1. The van der Waals surface area contributed by atoms with Gasteiger partial charge in [0, 0.05) is 25.5 Å². The summed E-state index contributed by atoms with van der Waals surface area (Å²) in [4.78, 5) is 21.5. The third-order valence-corrected chi connectivity index (χ3v) is 3.22. The van der Waals surface area contributed by atoms with Crippen LogP contribution >= 0.6 is 0 Å². The van der Waals surface area contributed by atoms with E-state index < -0.39 is 5.97 Å². The van der Waals surface area contributed by atoms with Gasteiger partial charge >= 0.3 is 5.97 Å². The highest BCUT2D eigenvalue weighted by Crippen LogP contribution is 2.21. The number of pyridine rings is 1. The maximum atomic E-state index is 11.1. The molecular weight excluding hydrogens is 246 g/mol. The highest BCUT2D eigenvalue weighted by Gasteiger charge is 2.19. The SMILES string of the molecule is Nc1cnc(N2CCn3ccnc3C2)cc1C(=O)O. The molecule has 0 amide bonds. The number of nitrogens with two attached hydrogens (primary N) is 1. The van der Waals surface area contributed by atoms with Crippen LogP contribution in [0, 0.1) is 0 Å². The number of nitrogen functional groups attached to an aromatic ring is 1. The predicted molar refractivity (Wildman–Crippen MR) is 68.9 cm³/mol. The molecule has 3 N–H and O–H groups in total. The first kappa shape index (κ1) is 11.5. The fraction of sp³-hybridized carbons (Fsp3) is 0.250. The number of nitrogens with zero attached hydrogens (tertiary/aromatic N) is 4. The summed E-state index contributed by atoms with van der Waals surface area (Å²) >= 11 is 0. The molecule has 0 radical (unpaired) electrons. The number of aromatic nitrogens is 3. The van der Waals surface area contributed by atoms with Crippen molar-refractivity contribution in [2.45, 2.75) is 13.1 Å². The van der Waals surface area contributed by atoms with E-state index in [1.807, 2.05) is 11.1 Å². The van der Waals surface area contributed by atoms with Gasteiger partial charge in [0.15, 0.2) is 0 Å². The van der Waals surface area contributed by atoms with E-state index in [1.165, 1.54) is 12.3 Å². The molecule has 0 saturated carbocycles. The lowest BCUT2D eigenvalue weighted by Crippen LogP contribution is -2.34. The first-order valence-electron chi connectivity index (χ1n) is 5.89. The average molecular weight is 259 g/mol. The average Bonchev–Trinajstić information content (AvgIpc) is 2.86. The minimum absolute atomic E-state index is 0.0823. The zero-order valence-corrected chi connectivity index (χ0v) is 10.2. The standard InChI is InChI=1S/C12H13N5O2/c13-9-6-15-10(5-8(9)12(18)19)17-4-3-16-2-1-14-11(16)7-17/h1-2,5-6H,3-4,7,13H2,(H,18,19). The normalized spacial score (nSPS) is 14.2. The Morgan fingerprint density at radius 1 is 1.37 bits per heavy atom. The summed E-state index contributed by atoms with van der Waals surface area (Å²) < 4.78 is 2.08. The molecule has 1 aliphatic heterocycles. The maximum Gasteiger partial charge on any atom is 0.337 e. The van der Waals surface area contributed by atoms with Gasteiger partial charge in [-0.25, -0.2) is 14.8 Å². The van der Waals surface area contributed by atoms with Crippen molar-refractivity contribution < 1.29 is 9.90 Å². The Kier molecular flexibility index (Phi) is 2.59. The summed E-state index contributed by atoms with van der Waals surface area (Å²) in [6.45, 7) is 2.19. The molecule has 0 saturated heterocycles. The second-order valence-electron chi connectivity index (χ2n) is 4.39. The number of rotatable bonds is 2. The number of anilines is 2. The fourth-order valence-corrected chi connectivity index (χ4v) is 2.18. The van der Waals surface area contributed by atoms with Crippen LogP contribution in [-0.2, 0) is 13.1 Å². The van der Waals surface area contributed by atoms with Gasteiger partial charge < -0.3 is 20.3 Å². The van der Waals surface area contributed by atoms with Crippen molar-refractivity contribution in [1.29, 1.82) is 0 Å². The number of carboxylic acid groups (broad SMARTS) is 1. The van der Waals surface area contributed by atoms with E-state index in [1.54, 1.807) is 6.20 Å². The van der Waals surface area contributed by atoms with E-state index in [-0.39, 0.29) is 11.3 Å². The molecule has 7 nitrogen and oxygen atoms in total. The van der Waals surface area contributed by atoms with Crippen molar-refractivity contribution in [3.8, 4) is 0 Å². The molecule has 3 heterocycles. The second kappa shape index (κ2) is 4.27. The summed E-state index contributed by atoms with van der Waals surface area (Å²) in [6, 6.07) is 1.51. The molecule has 7 heteroatoms. The Bertz CT molecular complexity index is 637. The molecule has 0 atom stereocenters. The lowest BCUT2D eigenvalue weighted by molar-refractivity contribution is 0.0698. The minimum Gasteiger partial charge on any atom is -0.478 e. The molecule has 0 bridgehead atoms. The lowest BCUT2D eigenvalue weighted by atomic mass is 10.2. The number of hydrogen-bond donors (Lipinski definition) is 2. The maximum absolute atomic E-state index is 11.1. The highest BCUT2D eigenvalue weighted by atomic mass is 16.4. The van der Waals surface area contributed by atoms with Crippen LogP contribution in [0.15, 0.2) is 24.7 Å². The molecular formula is C12H13N5O2. The van der Waals surface area contributed by atoms with Crippen molar-refractivity contribution in [3.63, 3.8) is 0 Å². The molecule has 0 aliphatic carbocycles. The van der Waals surface area contributed by atoms with E-state index in [0.717, 1.165) is 18.9 Å². The molecule has 1 aliphatic rings. The van der Waals surface area contributed by atoms with Crippen molar-refractivity contribution in [2.75, 3.05) is 17.2 Å². The van der Waals surface area contributed by atoms with Crippen molar-refractivity contribution >= 4 is 17.5 Å². The third kappa shape index (κ3) is 1.99. The van der Waals surface area contributed by atoms with E-state index in [2.05, 4.69) is 14.5 Å². The van der Waals surface area contributed by atoms with E-state index in [4.69, 9.17) is 10.8 Å². The molecule has 3 rings (SSSR count). The summed E-state index contributed by atoms with van der Waals surface area (Å²) in [5, 5.41) is 9.07. The topological polar surface area (TPSA) is 97.3 Å². The van der Waals surface area contributed by atoms with Gasteiger partial charge in [0.1, 0.15) is 11.6 Å². The van der Waals surface area contributed by atoms with E-state index >= 15 is 0 Å². The van der Waals surface area contributed by atoms with Gasteiger partial charge in [-0.05, 0) is 6.07 Å². The number of imidazole rings is 1. The zero-order chi connectivity index (χ0) is 13.4. The van der Waals surface area contributed by atoms with Crippen LogP contribution in [0.2, 0.25) is 0 Å². The van der Waals surface area contributed by atoms with Gasteiger partial charge in [0.25, 0.3) is 0 Å². The van der Waals surface area contributed by atoms with Crippen molar-refractivity contribution in [2.24, 2.45) is 0 Å². The van der Waals surface area contributed by atoms with Crippen LogP contribution in [0.25, 0.3) is 0 Å². The van der Waals surface area contributed by atoms with Gasteiger partial charge in [0.05, 0.1) is 24.0 Å². The molecule has 0 spiro atoms. The Hall–Kier alpha value is -2.57. The first-order valence-corrected chi connectivity index (χ1v) is 5.89. The van der Waals surface area contributed by atoms with Gasteiger partial charge in [-0.15, -0.1) is 0 Å². The first-order chi connectivity index (χ1) is 9.15. The zero-order valence-electron chi connectivity index (χ0n) is 10.2. The smallest absolute Gasteiger partial charge is 0.337 e. The van der Waals surface area contributed by atoms with Crippen LogP contribution in [-0.4, -0.2) is 32.2 Å². The van der Waals surface area contributed by atoms with Crippen LogP contribution < -0.4 is 10.6 Å². The summed E-state index contributed by atoms with van der Waals surface area (Å²) in [6.07, 6.45) is 5.09. The highest BCUT2D eigenvalue weighted by molar-refractivity contribution is 5.94. The van der Waals surface area contributed by atoms with Gasteiger partial charge in [-0.1, -0.05) is 0 Å². The molecule has 0 fully saturated rings. The van der Waals surface area contributed by atoms with Gasteiger partial charge in [-0.3, -0.25) is 0 Å². The summed E-state index contributed by atoms with van der Waals surface area (Å²) in [5.74, 6) is 0.516. The fourth-order valence-electron chi connectivity index (χ4n) is 2.18. The minimum atomic E-state index is -1.04. The number of hydrogen-bond acceptors (Lipinski definition) is 5. The quantitative estimate of drug-likeness (QED) is 0.818. The molecule has 0 aromatic carbocycles. The third-order valence-electron chi connectivity index (χ3n) is 3.22. The molecule has 0 unspecified atom stereocenters. The monoisotopic (exact) mass is 259 g/mol. The Balaban J connectivity index is 1.92. The Morgan fingerprint density at radius 2 is 2.21 bits per heavy atom. The van der Waals surface area contributed by atoms with Crippen LogP contribution in [0.4, 0.5) is 11.5 Å². The number of fused-ring (bicyclic) bond motifs is 1. The number of aromatic carboxylic acids is 1. The second-order valence-corrected chi connectivity index (χ2v) is 4.39. The summed E-state index contributed by atoms with van der Waals surface area (Å²) in [7, 11) is 0. The van der Waals surface area contributed by atoms with Crippen molar-refractivity contribution in [3.05, 3.63) is 36.0 Å². The Morgan fingerprint density at radius 3 is 3.00 bits per heavy atom. The number of carboxylic acids is 1. The molecule has 2 aromatic heterocycles. The van der Waals surface area contributed by atoms with E-state index in [0.29, 0.717) is 12.4 Å². The van der Waals surface area contributed by atoms with Crippen molar-refractivity contribution in [1.82, 2.24) is 14.5 Å². The molecule has 19 heavy (non-hydrogen) atoms. The summed E-state index contributed by atoms with van der Waals surface area (Å²) in [5.41, 5.74) is 5.86. The molecule has 2 aromatic rings. The van der Waals surface area contributed by atoms with E-state index in [9.17, 15) is 4.79 Å². The van der Waals surface area contributed by atoms with Crippen LogP contribution in [0.5, 0.6) is 0 Å².